The summed E-state index contributed by atoms with van der Waals surface area (Å²) in [5.41, 5.74) is 0.889. The molecule has 0 spiro atoms. The zero-order valence-electron chi connectivity index (χ0n) is 14.0. The number of benzene rings is 1. The second-order valence-electron chi connectivity index (χ2n) is 5.69. The van der Waals surface area contributed by atoms with Crippen LogP contribution in [0.3, 0.4) is 0 Å². The van der Waals surface area contributed by atoms with Gasteiger partial charge in [0.25, 0.3) is 11.8 Å². The number of hydrogen-bond donors (Lipinski definition) is 3. The molecule has 2 atom stereocenters. The van der Waals surface area contributed by atoms with Crippen molar-refractivity contribution in [3.8, 4) is 0 Å². The Labute approximate surface area is 150 Å². The van der Waals surface area contributed by atoms with Crippen LogP contribution in [0.1, 0.15) is 10.4 Å². The Hall–Kier alpha value is -2.22. The number of hydrogen-bond acceptors (Lipinski definition) is 5. The summed E-state index contributed by atoms with van der Waals surface area (Å²) >= 11 is 1.58. The van der Waals surface area contributed by atoms with Gasteiger partial charge in [0.05, 0.1) is 0 Å². The van der Waals surface area contributed by atoms with Gasteiger partial charge in [-0.05, 0) is 23.4 Å². The number of aliphatic hydroxyl groups is 2. The van der Waals surface area contributed by atoms with E-state index in [-0.39, 0.29) is 6.54 Å². The quantitative estimate of drug-likeness (QED) is 0.648. The van der Waals surface area contributed by atoms with Crippen molar-refractivity contribution in [2.75, 3.05) is 13.6 Å². The molecule has 0 aliphatic rings. The van der Waals surface area contributed by atoms with Crippen LogP contribution >= 0.6 is 11.3 Å². The smallest absolute Gasteiger partial charge is 0.254 e. The van der Waals surface area contributed by atoms with E-state index in [1.54, 1.807) is 11.3 Å². The number of likely N-dealkylation sites (N-methyl/N-ethyl adjacent to an activating group) is 1. The first-order valence-corrected chi connectivity index (χ1v) is 8.82. The van der Waals surface area contributed by atoms with Crippen LogP contribution in [0.5, 0.6) is 0 Å². The van der Waals surface area contributed by atoms with Crippen molar-refractivity contribution >= 4 is 23.2 Å². The molecule has 0 aliphatic heterocycles. The SMILES string of the molecule is CN(Cc1ccccc1)C(=O)[C@H](O)[C@@H](O)C(=O)NCCc1cccs1. The maximum absolute atomic E-state index is 12.2. The van der Waals surface area contributed by atoms with Crippen LogP contribution < -0.4 is 5.32 Å². The molecule has 3 N–H and O–H groups in total. The van der Waals surface area contributed by atoms with Crippen molar-refractivity contribution in [2.24, 2.45) is 0 Å². The topological polar surface area (TPSA) is 89.9 Å². The minimum absolute atomic E-state index is 0.281. The number of thiophene rings is 1. The monoisotopic (exact) mass is 362 g/mol. The van der Waals surface area contributed by atoms with Crippen LogP contribution in [-0.4, -0.2) is 52.7 Å². The molecule has 2 aromatic rings. The Balaban J connectivity index is 1.81. The van der Waals surface area contributed by atoms with Gasteiger partial charge >= 0.3 is 0 Å². The summed E-state index contributed by atoms with van der Waals surface area (Å²) in [7, 11) is 1.51. The predicted octanol–water partition coefficient (Wildman–Crippen LogP) is 0.787. The fourth-order valence-electron chi connectivity index (χ4n) is 2.31. The Bertz CT molecular complexity index is 676. The molecule has 2 rings (SSSR count). The van der Waals surface area contributed by atoms with Gasteiger partial charge in [-0.1, -0.05) is 36.4 Å². The maximum Gasteiger partial charge on any atom is 0.254 e. The third kappa shape index (κ3) is 5.67. The molecule has 25 heavy (non-hydrogen) atoms. The molecule has 2 amide bonds. The zero-order chi connectivity index (χ0) is 18.2. The summed E-state index contributed by atoms with van der Waals surface area (Å²) in [5.74, 6) is -1.46. The van der Waals surface area contributed by atoms with E-state index >= 15 is 0 Å². The molecule has 1 heterocycles. The van der Waals surface area contributed by atoms with Crippen LogP contribution in [0.25, 0.3) is 0 Å². The highest BCUT2D eigenvalue weighted by molar-refractivity contribution is 7.09. The second-order valence-corrected chi connectivity index (χ2v) is 6.72. The summed E-state index contributed by atoms with van der Waals surface area (Å²) in [6, 6.07) is 13.1. The molecular formula is C18H22N2O4S. The lowest BCUT2D eigenvalue weighted by molar-refractivity contribution is -0.152. The van der Waals surface area contributed by atoms with E-state index in [9.17, 15) is 19.8 Å². The number of nitrogens with zero attached hydrogens (tertiary/aromatic N) is 1. The molecule has 0 fully saturated rings. The first-order chi connectivity index (χ1) is 12.0. The van der Waals surface area contributed by atoms with Gasteiger partial charge in [0.15, 0.2) is 12.2 Å². The molecule has 0 bridgehead atoms. The minimum atomic E-state index is -1.80. The van der Waals surface area contributed by atoms with E-state index in [1.165, 1.54) is 11.9 Å². The number of rotatable bonds is 8. The van der Waals surface area contributed by atoms with Gasteiger partial charge in [0.1, 0.15) is 0 Å². The number of carbonyl (C=O) groups excluding carboxylic acids is 2. The Morgan fingerprint density at radius 2 is 1.84 bits per heavy atom. The van der Waals surface area contributed by atoms with E-state index in [4.69, 9.17) is 0 Å². The van der Waals surface area contributed by atoms with E-state index in [2.05, 4.69) is 5.32 Å². The average molecular weight is 362 g/mol. The van der Waals surface area contributed by atoms with Crippen molar-refractivity contribution in [2.45, 2.75) is 25.2 Å². The first kappa shape index (κ1) is 19.1. The molecule has 7 heteroatoms. The molecular weight excluding hydrogens is 340 g/mol. The maximum atomic E-state index is 12.2. The van der Waals surface area contributed by atoms with E-state index < -0.39 is 24.0 Å². The Morgan fingerprint density at radius 3 is 2.48 bits per heavy atom. The lowest BCUT2D eigenvalue weighted by Crippen LogP contribution is -2.50. The van der Waals surface area contributed by atoms with Crippen molar-refractivity contribution in [1.29, 1.82) is 0 Å². The van der Waals surface area contributed by atoms with Gasteiger partial charge in [-0.15, -0.1) is 11.3 Å². The summed E-state index contributed by atoms with van der Waals surface area (Å²) < 4.78 is 0. The van der Waals surface area contributed by atoms with Crippen LogP contribution in [-0.2, 0) is 22.6 Å². The molecule has 0 saturated heterocycles. The molecule has 6 nitrogen and oxygen atoms in total. The van der Waals surface area contributed by atoms with Crippen LogP contribution in [0.15, 0.2) is 47.8 Å². The minimum Gasteiger partial charge on any atom is -0.380 e. The molecule has 0 radical (unpaired) electrons. The predicted molar refractivity (Wildman–Crippen MR) is 96.0 cm³/mol. The Morgan fingerprint density at radius 1 is 1.12 bits per heavy atom. The third-order valence-electron chi connectivity index (χ3n) is 3.71. The van der Waals surface area contributed by atoms with Crippen molar-refractivity contribution in [1.82, 2.24) is 10.2 Å². The highest BCUT2D eigenvalue weighted by Gasteiger charge is 2.32. The van der Waals surface area contributed by atoms with E-state index in [0.717, 1.165) is 10.4 Å². The van der Waals surface area contributed by atoms with Gasteiger partial charge < -0.3 is 20.4 Å². The summed E-state index contributed by atoms with van der Waals surface area (Å²) in [5, 5.41) is 24.4. The number of amides is 2. The summed E-state index contributed by atoms with van der Waals surface area (Å²) in [6.07, 6.45) is -2.96. The fraction of sp³-hybridized carbons (Fsp3) is 0.333. The van der Waals surface area contributed by atoms with Gasteiger partial charge in [0, 0.05) is 25.0 Å². The van der Waals surface area contributed by atoms with Gasteiger partial charge in [-0.3, -0.25) is 9.59 Å². The first-order valence-electron chi connectivity index (χ1n) is 7.94. The second kappa shape index (κ2) is 9.31. The van der Waals surface area contributed by atoms with Crippen molar-refractivity contribution < 1.29 is 19.8 Å². The molecule has 1 aromatic carbocycles. The average Bonchev–Trinajstić information content (AvgIpc) is 3.14. The third-order valence-corrected chi connectivity index (χ3v) is 4.65. The largest absolute Gasteiger partial charge is 0.380 e. The van der Waals surface area contributed by atoms with Crippen molar-refractivity contribution in [3.63, 3.8) is 0 Å². The molecule has 0 aliphatic carbocycles. The normalized spacial score (nSPS) is 13.1. The van der Waals surface area contributed by atoms with Gasteiger partial charge in [-0.25, -0.2) is 0 Å². The van der Waals surface area contributed by atoms with Gasteiger partial charge in [-0.2, -0.15) is 0 Å². The number of nitrogens with one attached hydrogen (secondary N) is 1. The summed E-state index contributed by atoms with van der Waals surface area (Å²) in [6.45, 7) is 0.612. The van der Waals surface area contributed by atoms with Crippen molar-refractivity contribution in [3.05, 3.63) is 58.3 Å². The van der Waals surface area contributed by atoms with Crippen LogP contribution in [0.2, 0.25) is 0 Å². The molecule has 134 valence electrons. The van der Waals surface area contributed by atoms with Gasteiger partial charge in [0.2, 0.25) is 0 Å². The van der Waals surface area contributed by atoms with E-state index in [1.807, 2.05) is 47.8 Å². The van der Waals surface area contributed by atoms with Crippen LogP contribution in [0.4, 0.5) is 0 Å². The number of carbonyl (C=O) groups is 2. The lowest BCUT2D eigenvalue weighted by Gasteiger charge is -2.23. The highest BCUT2D eigenvalue weighted by atomic mass is 32.1. The molecule has 0 unspecified atom stereocenters. The highest BCUT2D eigenvalue weighted by Crippen LogP contribution is 2.09. The lowest BCUT2D eigenvalue weighted by atomic mass is 10.1. The molecule has 0 saturated carbocycles. The fourth-order valence-corrected chi connectivity index (χ4v) is 3.02. The van der Waals surface area contributed by atoms with E-state index in [0.29, 0.717) is 13.0 Å². The zero-order valence-corrected chi connectivity index (χ0v) is 14.8. The van der Waals surface area contributed by atoms with Crippen LogP contribution in [0, 0.1) is 0 Å². The molecule has 1 aromatic heterocycles. The summed E-state index contributed by atoms with van der Waals surface area (Å²) in [4.78, 5) is 26.5. The Kier molecular flexibility index (Phi) is 7.12. The standard InChI is InChI=1S/C18H22N2O4S/c1-20(12-13-6-3-2-4-7-13)18(24)16(22)15(21)17(23)19-10-9-14-8-5-11-25-14/h2-8,11,15-16,21-22H,9-10,12H2,1H3,(H,19,23)/t15-,16-/m1/s1. The number of aliphatic hydroxyl groups excluding tert-OH is 2.